The van der Waals surface area contributed by atoms with Crippen molar-refractivity contribution < 1.29 is 8.76 Å². The van der Waals surface area contributed by atoms with Gasteiger partial charge in [0.1, 0.15) is 0 Å². The highest BCUT2D eigenvalue weighted by Crippen LogP contribution is 2.42. The van der Waals surface area contributed by atoms with Crippen LogP contribution >= 0.6 is 0 Å². The lowest BCUT2D eigenvalue weighted by atomic mass is 10.0. The quantitative estimate of drug-likeness (QED) is 0.877. The summed E-state index contributed by atoms with van der Waals surface area (Å²) in [7, 11) is 0. The number of nitrogens with zero attached hydrogens (tertiary/aromatic N) is 1. The first kappa shape index (κ1) is 13.4. The SMILES string of the molecule is CCC1Cc2cc3cnc(C4CC4)cc3c(S(=O)O)c2C1. The van der Waals surface area contributed by atoms with Gasteiger partial charge in [-0.3, -0.25) is 4.98 Å². The van der Waals surface area contributed by atoms with Crippen molar-refractivity contribution in [1.82, 2.24) is 4.98 Å². The molecular weight excluding hydrogens is 282 g/mol. The fourth-order valence-electron chi connectivity index (χ4n) is 3.55. The zero-order chi connectivity index (χ0) is 14.6. The standard InChI is InChI=1S/C17H19NO2S/c1-2-10-5-12-7-13-9-18-16(11-3-4-11)8-15(13)17(21(19)20)14(12)6-10/h7-11H,2-6H2,1H3,(H,19,20). The maximum atomic E-state index is 12.0. The molecule has 4 rings (SSSR count). The molecule has 110 valence electrons. The Morgan fingerprint density at radius 1 is 1.33 bits per heavy atom. The van der Waals surface area contributed by atoms with Gasteiger partial charge in [-0.05, 0) is 54.9 Å². The fraction of sp³-hybridized carbons (Fsp3) is 0.471. The van der Waals surface area contributed by atoms with E-state index in [9.17, 15) is 8.76 Å². The summed E-state index contributed by atoms with van der Waals surface area (Å²) in [6, 6.07) is 4.23. The lowest BCUT2D eigenvalue weighted by Crippen LogP contribution is -2.00. The zero-order valence-electron chi connectivity index (χ0n) is 12.1. The van der Waals surface area contributed by atoms with Crippen LogP contribution < -0.4 is 0 Å². The van der Waals surface area contributed by atoms with Crippen LogP contribution in [-0.4, -0.2) is 13.7 Å². The lowest BCUT2D eigenvalue weighted by molar-refractivity contribution is 0.538. The maximum absolute atomic E-state index is 12.0. The Kier molecular flexibility index (Phi) is 3.12. The van der Waals surface area contributed by atoms with Crippen molar-refractivity contribution in [3.63, 3.8) is 0 Å². The third kappa shape index (κ3) is 2.21. The average Bonchev–Trinajstić information content (AvgIpc) is 3.23. The molecule has 1 N–H and O–H groups in total. The maximum Gasteiger partial charge on any atom is 0.187 e. The summed E-state index contributed by atoms with van der Waals surface area (Å²) in [5.41, 5.74) is 3.44. The van der Waals surface area contributed by atoms with Crippen LogP contribution in [0.25, 0.3) is 10.8 Å². The van der Waals surface area contributed by atoms with Crippen LogP contribution in [0.15, 0.2) is 23.2 Å². The largest absolute Gasteiger partial charge is 0.302 e. The van der Waals surface area contributed by atoms with E-state index < -0.39 is 11.1 Å². The molecule has 1 heterocycles. The molecule has 0 bridgehead atoms. The second kappa shape index (κ2) is 4.89. The van der Waals surface area contributed by atoms with Crippen LogP contribution in [0.3, 0.4) is 0 Å². The molecular formula is C17H19NO2S. The summed E-state index contributed by atoms with van der Waals surface area (Å²) >= 11 is -1.93. The molecule has 0 radical (unpaired) electrons. The molecule has 2 aliphatic carbocycles. The Bertz CT molecular complexity index is 752. The van der Waals surface area contributed by atoms with E-state index in [1.54, 1.807) is 0 Å². The van der Waals surface area contributed by atoms with Crippen LogP contribution in [0.2, 0.25) is 0 Å². The molecule has 1 aromatic carbocycles. The van der Waals surface area contributed by atoms with Crippen LogP contribution in [0, 0.1) is 5.92 Å². The van der Waals surface area contributed by atoms with E-state index in [2.05, 4.69) is 24.0 Å². The fourth-order valence-corrected chi connectivity index (χ4v) is 4.34. The topological polar surface area (TPSA) is 50.2 Å². The summed E-state index contributed by atoms with van der Waals surface area (Å²) in [4.78, 5) is 5.19. The van der Waals surface area contributed by atoms with E-state index in [1.165, 1.54) is 18.4 Å². The number of hydrogen-bond donors (Lipinski definition) is 1. The Hall–Kier alpha value is -1.26. The van der Waals surface area contributed by atoms with Gasteiger partial charge in [0, 0.05) is 28.6 Å². The number of pyridine rings is 1. The molecule has 1 saturated carbocycles. The number of benzene rings is 1. The monoisotopic (exact) mass is 301 g/mol. The molecule has 1 fully saturated rings. The summed E-state index contributed by atoms with van der Waals surface area (Å²) in [5.74, 6) is 1.17. The van der Waals surface area contributed by atoms with E-state index >= 15 is 0 Å². The average molecular weight is 301 g/mol. The highest BCUT2D eigenvalue weighted by molar-refractivity contribution is 7.79. The summed E-state index contributed by atoms with van der Waals surface area (Å²) in [6.45, 7) is 2.19. The van der Waals surface area contributed by atoms with Crippen LogP contribution in [-0.2, 0) is 23.9 Å². The van der Waals surface area contributed by atoms with Gasteiger partial charge in [0.25, 0.3) is 0 Å². The van der Waals surface area contributed by atoms with E-state index in [0.29, 0.717) is 16.7 Å². The molecule has 2 atom stereocenters. The van der Waals surface area contributed by atoms with Crippen molar-refractivity contribution in [2.75, 3.05) is 0 Å². The smallest absolute Gasteiger partial charge is 0.187 e. The summed E-state index contributed by atoms with van der Waals surface area (Å²) in [5, 5.41) is 1.94. The van der Waals surface area contributed by atoms with Gasteiger partial charge in [0.05, 0.1) is 4.90 Å². The van der Waals surface area contributed by atoms with E-state index in [4.69, 9.17) is 0 Å². The molecule has 0 aliphatic heterocycles. The molecule has 2 unspecified atom stereocenters. The first-order chi connectivity index (χ1) is 10.2. The molecule has 0 amide bonds. The minimum absolute atomic E-state index is 0.561. The van der Waals surface area contributed by atoms with Gasteiger partial charge in [-0.1, -0.05) is 13.3 Å². The molecule has 1 aromatic heterocycles. The molecule has 0 spiro atoms. The molecule has 4 heteroatoms. The predicted octanol–water partition coefficient (Wildman–Crippen LogP) is 3.82. The Balaban J connectivity index is 1.96. The molecule has 2 aromatic rings. The lowest BCUT2D eigenvalue weighted by Gasteiger charge is -2.11. The molecule has 2 aliphatic rings. The normalized spacial score (nSPS) is 22.5. The van der Waals surface area contributed by atoms with Gasteiger partial charge >= 0.3 is 0 Å². The van der Waals surface area contributed by atoms with Crippen molar-refractivity contribution >= 4 is 21.9 Å². The second-order valence-corrected chi connectivity index (χ2v) is 7.29. The van der Waals surface area contributed by atoms with Crippen molar-refractivity contribution in [1.29, 1.82) is 0 Å². The van der Waals surface area contributed by atoms with Gasteiger partial charge in [-0.2, -0.15) is 0 Å². The highest BCUT2D eigenvalue weighted by Gasteiger charge is 2.29. The van der Waals surface area contributed by atoms with Gasteiger partial charge in [-0.25, -0.2) is 4.21 Å². The molecule has 21 heavy (non-hydrogen) atoms. The summed E-state index contributed by atoms with van der Waals surface area (Å²) in [6.07, 6.45) is 7.35. The van der Waals surface area contributed by atoms with Gasteiger partial charge in [0.15, 0.2) is 11.1 Å². The number of fused-ring (bicyclic) bond motifs is 2. The Morgan fingerprint density at radius 2 is 2.14 bits per heavy atom. The van der Waals surface area contributed by atoms with Crippen molar-refractivity contribution in [2.24, 2.45) is 5.92 Å². The third-order valence-corrected chi connectivity index (χ3v) is 5.76. The van der Waals surface area contributed by atoms with Crippen LogP contribution in [0.4, 0.5) is 0 Å². The summed E-state index contributed by atoms with van der Waals surface area (Å²) < 4.78 is 21.8. The van der Waals surface area contributed by atoms with Crippen molar-refractivity contribution in [2.45, 2.75) is 49.8 Å². The van der Waals surface area contributed by atoms with E-state index in [1.807, 2.05) is 6.20 Å². The Morgan fingerprint density at radius 3 is 2.81 bits per heavy atom. The molecule has 3 nitrogen and oxygen atoms in total. The van der Waals surface area contributed by atoms with E-state index in [0.717, 1.165) is 41.3 Å². The number of hydrogen-bond acceptors (Lipinski definition) is 2. The van der Waals surface area contributed by atoms with Crippen LogP contribution in [0.1, 0.15) is 48.9 Å². The predicted molar refractivity (Wildman–Crippen MR) is 83.9 cm³/mol. The van der Waals surface area contributed by atoms with Gasteiger partial charge in [0.2, 0.25) is 0 Å². The first-order valence-electron chi connectivity index (χ1n) is 7.72. The van der Waals surface area contributed by atoms with Crippen molar-refractivity contribution in [3.8, 4) is 0 Å². The minimum Gasteiger partial charge on any atom is -0.302 e. The Labute approximate surface area is 127 Å². The van der Waals surface area contributed by atoms with Crippen LogP contribution in [0.5, 0.6) is 0 Å². The van der Waals surface area contributed by atoms with Gasteiger partial charge < -0.3 is 4.55 Å². The number of aromatic nitrogens is 1. The minimum atomic E-state index is -1.93. The second-order valence-electron chi connectivity index (χ2n) is 6.38. The molecule has 0 saturated heterocycles. The van der Waals surface area contributed by atoms with Gasteiger partial charge in [-0.15, -0.1) is 0 Å². The third-order valence-electron chi connectivity index (χ3n) is 4.94. The van der Waals surface area contributed by atoms with Crippen molar-refractivity contribution in [3.05, 3.63) is 35.2 Å². The highest BCUT2D eigenvalue weighted by atomic mass is 32.2. The van der Waals surface area contributed by atoms with E-state index in [-0.39, 0.29) is 0 Å². The number of rotatable bonds is 3. The zero-order valence-corrected chi connectivity index (χ0v) is 12.9. The first-order valence-corrected chi connectivity index (χ1v) is 8.83.